The minimum atomic E-state index is -0.113. The van der Waals surface area contributed by atoms with E-state index in [4.69, 9.17) is 11.6 Å². The first-order valence-corrected chi connectivity index (χ1v) is 6.08. The molecule has 1 heterocycles. The maximum absolute atomic E-state index is 9.28. The Kier molecular flexibility index (Phi) is 5.77. The van der Waals surface area contributed by atoms with Crippen molar-refractivity contribution in [3.63, 3.8) is 0 Å². The Bertz CT molecular complexity index is 377. The standard InChI is InChI=1S/C13H15ClN2.ClH/c14-12-6-4-11(5-7-12)13(10-15)16-8-2-1-3-9-16;/h4-7,13H,1-3,8-9H2;1H. The number of hydrogen-bond acceptors (Lipinski definition) is 2. The molecule has 0 saturated carbocycles. The van der Waals surface area contributed by atoms with Crippen molar-refractivity contribution in [2.24, 2.45) is 0 Å². The van der Waals surface area contributed by atoms with Crippen molar-refractivity contribution in [3.8, 4) is 6.07 Å². The molecule has 0 aromatic heterocycles. The lowest BCUT2D eigenvalue weighted by molar-refractivity contribution is 0.196. The van der Waals surface area contributed by atoms with Gasteiger partial charge in [-0.05, 0) is 43.6 Å². The van der Waals surface area contributed by atoms with Gasteiger partial charge in [-0.1, -0.05) is 30.2 Å². The quantitative estimate of drug-likeness (QED) is 0.817. The zero-order valence-corrected chi connectivity index (χ0v) is 11.2. The molecule has 1 aromatic rings. The molecule has 1 aliphatic heterocycles. The smallest absolute Gasteiger partial charge is 0.123 e. The summed E-state index contributed by atoms with van der Waals surface area (Å²) in [7, 11) is 0. The van der Waals surface area contributed by atoms with E-state index in [1.54, 1.807) is 0 Å². The molecule has 1 unspecified atom stereocenters. The van der Waals surface area contributed by atoms with Crippen LogP contribution in [0.15, 0.2) is 24.3 Å². The average Bonchev–Trinajstić information content (AvgIpc) is 2.34. The number of benzene rings is 1. The predicted molar refractivity (Wildman–Crippen MR) is 72.5 cm³/mol. The summed E-state index contributed by atoms with van der Waals surface area (Å²) in [5.41, 5.74) is 1.05. The molecule has 1 atom stereocenters. The SMILES string of the molecule is Cl.N#CC(c1ccc(Cl)cc1)N1CCCCC1. The van der Waals surface area contributed by atoms with E-state index in [1.165, 1.54) is 19.3 Å². The van der Waals surface area contributed by atoms with Gasteiger partial charge in [0.2, 0.25) is 0 Å². The number of piperidine rings is 1. The number of hydrogen-bond donors (Lipinski definition) is 0. The Labute approximate surface area is 114 Å². The summed E-state index contributed by atoms with van der Waals surface area (Å²) in [6.07, 6.45) is 3.69. The fourth-order valence-corrected chi connectivity index (χ4v) is 2.31. The van der Waals surface area contributed by atoms with Gasteiger partial charge in [-0.3, -0.25) is 4.90 Å². The van der Waals surface area contributed by atoms with E-state index in [2.05, 4.69) is 11.0 Å². The lowest BCUT2D eigenvalue weighted by Crippen LogP contribution is -2.33. The minimum Gasteiger partial charge on any atom is -0.284 e. The van der Waals surface area contributed by atoms with E-state index >= 15 is 0 Å². The summed E-state index contributed by atoms with van der Waals surface area (Å²) in [5.74, 6) is 0. The van der Waals surface area contributed by atoms with Crippen molar-refractivity contribution in [3.05, 3.63) is 34.9 Å². The van der Waals surface area contributed by atoms with Crippen LogP contribution >= 0.6 is 24.0 Å². The van der Waals surface area contributed by atoms with Crippen LogP contribution in [0.2, 0.25) is 5.02 Å². The maximum atomic E-state index is 9.28. The average molecular weight is 271 g/mol. The van der Waals surface area contributed by atoms with Gasteiger partial charge in [-0.2, -0.15) is 5.26 Å². The molecule has 1 fully saturated rings. The Morgan fingerprint density at radius 1 is 1.12 bits per heavy atom. The zero-order valence-electron chi connectivity index (χ0n) is 9.60. The van der Waals surface area contributed by atoms with Gasteiger partial charge in [0.05, 0.1) is 6.07 Å². The van der Waals surface area contributed by atoms with Crippen molar-refractivity contribution >= 4 is 24.0 Å². The van der Waals surface area contributed by atoms with Crippen molar-refractivity contribution in [1.29, 1.82) is 5.26 Å². The predicted octanol–water partition coefficient (Wildman–Crippen LogP) is 3.81. The summed E-state index contributed by atoms with van der Waals surface area (Å²) in [5, 5.41) is 10.00. The second-order valence-electron chi connectivity index (χ2n) is 4.18. The molecular weight excluding hydrogens is 255 g/mol. The molecular formula is C13H16Cl2N2. The van der Waals surface area contributed by atoms with Gasteiger partial charge in [-0.25, -0.2) is 0 Å². The summed E-state index contributed by atoms with van der Waals surface area (Å²) in [6, 6.07) is 9.88. The normalized spacial score (nSPS) is 17.9. The molecule has 0 amide bonds. The third-order valence-electron chi connectivity index (χ3n) is 3.06. The molecule has 0 spiro atoms. The Balaban J connectivity index is 0.00000144. The van der Waals surface area contributed by atoms with Crippen LogP contribution in [0.1, 0.15) is 30.9 Å². The molecule has 2 nitrogen and oxygen atoms in total. The minimum absolute atomic E-state index is 0. The van der Waals surface area contributed by atoms with E-state index in [0.717, 1.165) is 23.7 Å². The van der Waals surface area contributed by atoms with Crippen LogP contribution in [-0.4, -0.2) is 18.0 Å². The molecule has 92 valence electrons. The van der Waals surface area contributed by atoms with E-state index in [1.807, 2.05) is 24.3 Å². The van der Waals surface area contributed by atoms with Crippen LogP contribution in [0.4, 0.5) is 0 Å². The number of nitriles is 1. The third-order valence-corrected chi connectivity index (χ3v) is 3.32. The van der Waals surface area contributed by atoms with Crippen molar-refractivity contribution in [2.45, 2.75) is 25.3 Å². The van der Waals surface area contributed by atoms with Crippen LogP contribution in [0.5, 0.6) is 0 Å². The largest absolute Gasteiger partial charge is 0.284 e. The zero-order chi connectivity index (χ0) is 11.4. The third kappa shape index (κ3) is 3.61. The topological polar surface area (TPSA) is 27.0 Å². The molecule has 1 saturated heterocycles. The highest BCUT2D eigenvalue weighted by molar-refractivity contribution is 6.30. The van der Waals surface area contributed by atoms with Gasteiger partial charge < -0.3 is 0 Å². The fourth-order valence-electron chi connectivity index (χ4n) is 2.19. The molecule has 0 N–H and O–H groups in total. The van der Waals surface area contributed by atoms with Gasteiger partial charge >= 0.3 is 0 Å². The fraction of sp³-hybridized carbons (Fsp3) is 0.462. The second kappa shape index (κ2) is 6.86. The molecule has 0 bridgehead atoms. The van der Waals surface area contributed by atoms with Crippen molar-refractivity contribution in [1.82, 2.24) is 4.90 Å². The van der Waals surface area contributed by atoms with Gasteiger partial charge in [0.1, 0.15) is 6.04 Å². The molecule has 0 aliphatic carbocycles. The number of nitrogens with zero attached hydrogens (tertiary/aromatic N) is 2. The van der Waals surface area contributed by atoms with Crippen LogP contribution in [0.25, 0.3) is 0 Å². The summed E-state index contributed by atoms with van der Waals surface area (Å²) >= 11 is 5.85. The monoisotopic (exact) mass is 270 g/mol. The van der Waals surface area contributed by atoms with E-state index in [-0.39, 0.29) is 18.4 Å². The van der Waals surface area contributed by atoms with Crippen molar-refractivity contribution in [2.75, 3.05) is 13.1 Å². The molecule has 17 heavy (non-hydrogen) atoms. The van der Waals surface area contributed by atoms with Crippen molar-refractivity contribution < 1.29 is 0 Å². The molecule has 2 rings (SSSR count). The first-order valence-electron chi connectivity index (χ1n) is 5.70. The Morgan fingerprint density at radius 2 is 1.71 bits per heavy atom. The highest BCUT2D eigenvalue weighted by atomic mass is 35.5. The molecule has 0 radical (unpaired) electrons. The Hall–Kier alpha value is -0.750. The number of rotatable bonds is 2. The van der Waals surface area contributed by atoms with Gasteiger partial charge in [-0.15, -0.1) is 12.4 Å². The first-order chi connectivity index (χ1) is 7.81. The lowest BCUT2D eigenvalue weighted by atomic mass is 10.0. The van der Waals surface area contributed by atoms with Crippen LogP contribution in [-0.2, 0) is 0 Å². The molecule has 1 aliphatic rings. The van der Waals surface area contributed by atoms with Crippen LogP contribution in [0.3, 0.4) is 0 Å². The maximum Gasteiger partial charge on any atom is 0.123 e. The second-order valence-corrected chi connectivity index (χ2v) is 4.62. The van der Waals surface area contributed by atoms with Gasteiger partial charge in [0, 0.05) is 5.02 Å². The van der Waals surface area contributed by atoms with Gasteiger partial charge in [0.25, 0.3) is 0 Å². The van der Waals surface area contributed by atoms with E-state index in [9.17, 15) is 5.26 Å². The van der Waals surface area contributed by atoms with E-state index < -0.39 is 0 Å². The summed E-state index contributed by atoms with van der Waals surface area (Å²) in [6.45, 7) is 2.06. The molecule has 1 aromatic carbocycles. The highest BCUT2D eigenvalue weighted by Crippen LogP contribution is 2.24. The van der Waals surface area contributed by atoms with Crippen LogP contribution < -0.4 is 0 Å². The summed E-state index contributed by atoms with van der Waals surface area (Å²) in [4.78, 5) is 2.26. The van der Waals surface area contributed by atoms with Crippen LogP contribution in [0, 0.1) is 11.3 Å². The van der Waals surface area contributed by atoms with E-state index in [0.29, 0.717) is 0 Å². The lowest BCUT2D eigenvalue weighted by Gasteiger charge is -2.30. The number of likely N-dealkylation sites (tertiary alicyclic amines) is 1. The highest BCUT2D eigenvalue weighted by Gasteiger charge is 2.21. The number of halogens is 2. The first kappa shape index (κ1) is 14.3. The summed E-state index contributed by atoms with van der Waals surface area (Å²) < 4.78 is 0. The Morgan fingerprint density at radius 3 is 2.24 bits per heavy atom. The molecule has 4 heteroatoms. The van der Waals surface area contributed by atoms with Gasteiger partial charge in [0.15, 0.2) is 0 Å².